The Balaban J connectivity index is 0.00000420. The van der Waals surface area contributed by atoms with Gasteiger partial charge in [-0.25, -0.2) is 22.1 Å². The molecule has 0 aliphatic heterocycles. The number of guanidine groups is 1. The van der Waals surface area contributed by atoms with E-state index in [1.54, 1.807) is 37.3 Å². The van der Waals surface area contributed by atoms with Gasteiger partial charge in [0.25, 0.3) is 0 Å². The van der Waals surface area contributed by atoms with Crippen molar-refractivity contribution in [3.05, 3.63) is 65.0 Å². The van der Waals surface area contributed by atoms with E-state index in [0.717, 1.165) is 5.56 Å². The second-order valence-electron chi connectivity index (χ2n) is 6.53. The maximum Gasteiger partial charge on any atom is 0.242 e. The summed E-state index contributed by atoms with van der Waals surface area (Å²) in [6, 6.07) is 11.9. The van der Waals surface area contributed by atoms with Crippen LogP contribution in [0.4, 0.5) is 4.39 Å². The third kappa shape index (κ3) is 6.93. The Morgan fingerprint density at radius 3 is 2.45 bits per heavy atom. The zero-order chi connectivity index (χ0) is 20.7. The quantitative estimate of drug-likeness (QED) is 0.325. The highest BCUT2D eigenvalue weighted by Crippen LogP contribution is 2.18. The Bertz CT molecular complexity index is 949. The Kier molecular flexibility index (Phi) is 10.0. The molecule has 0 spiro atoms. The molecule has 0 bridgehead atoms. The van der Waals surface area contributed by atoms with Crippen molar-refractivity contribution in [2.75, 3.05) is 20.6 Å². The number of halogens is 2. The first-order valence-corrected chi connectivity index (χ1v) is 10.5. The molecule has 29 heavy (non-hydrogen) atoms. The van der Waals surface area contributed by atoms with Crippen LogP contribution in [0.15, 0.2) is 52.4 Å². The molecule has 0 radical (unpaired) electrons. The first-order chi connectivity index (χ1) is 13.3. The summed E-state index contributed by atoms with van der Waals surface area (Å²) in [5, 5.41) is 6.26. The highest BCUT2D eigenvalue weighted by Gasteiger charge is 2.20. The summed E-state index contributed by atoms with van der Waals surface area (Å²) in [5.74, 6) is 0.272. The molecule has 2 aromatic rings. The zero-order valence-electron chi connectivity index (χ0n) is 17.1. The van der Waals surface area contributed by atoms with Crippen molar-refractivity contribution in [1.29, 1.82) is 0 Å². The van der Waals surface area contributed by atoms with Gasteiger partial charge in [0.05, 0.1) is 11.4 Å². The number of aryl methyl sites for hydroxylation is 1. The summed E-state index contributed by atoms with van der Waals surface area (Å²) < 4.78 is 39.9. The largest absolute Gasteiger partial charge is 0.357 e. The number of sulfonamides is 1. The Morgan fingerprint density at radius 1 is 1.14 bits per heavy atom. The zero-order valence-corrected chi connectivity index (χ0v) is 20.2. The van der Waals surface area contributed by atoms with Gasteiger partial charge in [0, 0.05) is 27.2 Å². The Morgan fingerprint density at radius 2 is 1.83 bits per heavy atom. The average Bonchev–Trinajstić information content (AvgIpc) is 2.66. The predicted molar refractivity (Wildman–Crippen MR) is 126 cm³/mol. The van der Waals surface area contributed by atoms with Gasteiger partial charge in [-0.15, -0.1) is 24.0 Å². The van der Waals surface area contributed by atoms with Gasteiger partial charge < -0.3 is 10.6 Å². The second-order valence-corrected chi connectivity index (χ2v) is 8.65. The SMILES string of the molecule is CCNC(=NCc1ccc(C)c(F)c1)NCc1ccccc1S(=O)(=O)N(C)C.I. The van der Waals surface area contributed by atoms with Crippen LogP contribution in [0.3, 0.4) is 0 Å². The van der Waals surface area contributed by atoms with E-state index in [9.17, 15) is 12.8 Å². The van der Waals surface area contributed by atoms with E-state index < -0.39 is 10.0 Å². The van der Waals surface area contributed by atoms with Crippen LogP contribution in [0.5, 0.6) is 0 Å². The summed E-state index contributed by atoms with van der Waals surface area (Å²) in [4.78, 5) is 4.72. The van der Waals surface area contributed by atoms with Gasteiger partial charge in [0.2, 0.25) is 10.0 Å². The fraction of sp³-hybridized carbons (Fsp3) is 0.350. The Hall–Kier alpha value is -1.72. The van der Waals surface area contributed by atoms with Crippen LogP contribution in [0.1, 0.15) is 23.6 Å². The minimum absolute atomic E-state index is 0. The lowest BCUT2D eigenvalue weighted by Gasteiger charge is -2.17. The summed E-state index contributed by atoms with van der Waals surface area (Å²) in [5.41, 5.74) is 2.00. The van der Waals surface area contributed by atoms with Crippen LogP contribution in [-0.2, 0) is 23.1 Å². The van der Waals surface area contributed by atoms with Crippen LogP contribution in [0.25, 0.3) is 0 Å². The monoisotopic (exact) mass is 534 g/mol. The molecule has 0 fully saturated rings. The first-order valence-electron chi connectivity index (χ1n) is 9.03. The molecule has 0 aromatic heterocycles. The summed E-state index contributed by atoms with van der Waals surface area (Å²) >= 11 is 0. The number of benzene rings is 2. The fourth-order valence-electron chi connectivity index (χ4n) is 2.52. The molecule has 2 N–H and O–H groups in total. The lowest BCUT2D eigenvalue weighted by atomic mass is 10.1. The van der Waals surface area contributed by atoms with Crippen LogP contribution in [-0.4, -0.2) is 39.3 Å². The fourth-order valence-corrected chi connectivity index (χ4v) is 3.64. The lowest BCUT2D eigenvalue weighted by Crippen LogP contribution is -2.37. The number of nitrogens with zero attached hydrogens (tertiary/aromatic N) is 2. The van der Waals surface area contributed by atoms with E-state index in [0.29, 0.717) is 30.2 Å². The van der Waals surface area contributed by atoms with Crippen molar-refractivity contribution < 1.29 is 12.8 Å². The summed E-state index contributed by atoms with van der Waals surface area (Å²) in [6.45, 7) is 4.90. The number of nitrogens with one attached hydrogen (secondary N) is 2. The molecule has 0 heterocycles. The van der Waals surface area contributed by atoms with Gasteiger partial charge in [0.15, 0.2) is 5.96 Å². The van der Waals surface area contributed by atoms with E-state index in [-0.39, 0.29) is 41.2 Å². The lowest BCUT2D eigenvalue weighted by molar-refractivity contribution is 0.519. The van der Waals surface area contributed by atoms with E-state index in [1.165, 1.54) is 24.5 Å². The van der Waals surface area contributed by atoms with Gasteiger partial charge in [0.1, 0.15) is 5.82 Å². The highest BCUT2D eigenvalue weighted by atomic mass is 127. The normalized spacial score (nSPS) is 11.9. The van der Waals surface area contributed by atoms with Gasteiger partial charge in [-0.2, -0.15) is 0 Å². The van der Waals surface area contributed by atoms with Crippen LogP contribution < -0.4 is 10.6 Å². The molecule has 0 unspecified atom stereocenters. The van der Waals surface area contributed by atoms with E-state index in [2.05, 4.69) is 15.6 Å². The maximum atomic E-state index is 13.7. The van der Waals surface area contributed by atoms with Gasteiger partial charge in [-0.1, -0.05) is 30.3 Å². The second kappa shape index (κ2) is 11.5. The average molecular weight is 534 g/mol. The molecule has 9 heteroatoms. The minimum Gasteiger partial charge on any atom is -0.357 e. The van der Waals surface area contributed by atoms with E-state index >= 15 is 0 Å². The molecular weight excluding hydrogens is 506 g/mol. The van der Waals surface area contributed by atoms with Crippen molar-refractivity contribution in [3.8, 4) is 0 Å². The number of aliphatic imine (C=N–C) groups is 1. The third-order valence-electron chi connectivity index (χ3n) is 4.18. The smallest absolute Gasteiger partial charge is 0.242 e. The Labute approximate surface area is 189 Å². The van der Waals surface area contributed by atoms with Crippen molar-refractivity contribution in [1.82, 2.24) is 14.9 Å². The number of hydrogen-bond donors (Lipinski definition) is 2. The molecule has 0 aliphatic rings. The van der Waals surface area contributed by atoms with Crippen LogP contribution >= 0.6 is 24.0 Å². The van der Waals surface area contributed by atoms with Crippen molar-refractivity contribution in [2.45, 2.75) is 31.8 Å². The molecule has 0 saturated heterocycles. The molecule has 6 nitrogen and oxygen atoms in total. The topological polar surface area (TPSA) is 73.8 Å². The number of hydrogen-bond acceptors (Lipinski definition) is 3. The standard InChI is InChI=1S/C20H27FN4O2S.HI/c1-5-22-20(23-13-16-11-10-15(2)18(21)12-16)24-14-17-8-6-7-9-19(17)28(26,27)25(3)4;/h6-12H,5,13-14H2,1-4H3,(H2,22,23,24);1H. The predicted octanol–water partition coefficient (Wildman–Crippen LogP) is 3.26. The first kappa shape index (κ1) is 25.3. The van der Waals surface area contributed by atoms with Gasteiger partial charge >= 0.3 is 0 Å². The van der Waals surface area contributed by atoms with Gasteiger partial charge in [-0.3, -0.25) is 0 Å². The molecule has 160 valence electrons. The molecule has 0 atom stereocenters. The van der Waals surface area contributed by atoms with Crippen molar-refractivity contribution in [3.63, 3.8) is 0 Å². The van der Waals surface area contributed by atoms with Crippen molar-refractivity contribution >= 4 is 40.0 Å². The van der Waals surface area contributed by atoms with E-state index in [1.807, 2.05) is 13.0 Å². The molecule has 2 aromatic carbocycles. The third-order valence-corrected chi connectivity index (χ3v) is 6.09. The summed E-state index contributed by atoms with van der Waals surface area (Å²) in [7, 11) is -0.529. The van der Waals surface area contributed by atoms with E-state index in [4.69, 9.17) is 0 Å². The molecule has 0 aliphatic carbocycles. The van der Waals surface area contributed by atoms with Crippen LogP contribution in [0.2, 0.25) is 0 Å². The van der Waals surface area contributed by atoms with Crippen LogP contribution in [0, 0.1) is 12.7 Å². The molecule has 2 rings (SSSR count). The number of rotatable bonds is 7. The minimum atomic E-state index is -3.54. The molecule has 0 saturated carbocycles. The molecular formula is C20H28FIN4O2S. The van der Waals surface area contributed by atoms with Gasteiger partial charge in [-0.05, 0) is 42.7 Å². The summed E-state index contributed by atoms with van der Waals surface area (Å²) in [6.07, 6.45) is 0. The maximum absolute atomic E-state index is 13.7. The highest BCUT2D eigenvalue weighted by molar-refractivity contribution is 14.0. The van der Waals surface area contributed by atoms with Crippen molar-refractivity contribution in [2.24, 2.45) is 4.99 Å². The molecule has 0 amide bonds.